The maximum atomic E-state index is 10.9. The van der Waals surface area contributed by atoms with E-state index in [2.05, 4.69) is 0 Å². The van der Waals surface area contributed by atoms with Crippen LogP contribution in [0.25, 0.3) is 0 Å². The molecule has 0 saturated carbocycles. The molecule has 0 aromatic rings. The Hall–Kier alpha value is 0.110. The minimum atomic E-state index is 0.259. The van der Waals surface area contributed by atoms with Gasteiger partial charge in [-0.3, -0.25) is 4.79 Å². The van der Waals surface area contributed by atoms with Gasteiger partial charge in [0.05, 0.1) is 5.75 Å². The third kappa shape index (κ3) is 2.80. The molecule has 0 atom stereocenters. The average Bonchev–Trinajstić information content (AvgIpc) is 1.83. The zero-order chi connectivity index (χ0) is 7.40. The van der Waals surface area contributed by atoms with Gasteiger partial charge < -0.3 is 0 Å². The van der Waals surface area contributed by atoms with Gasteiger partial charge in [0, 0.05) is 11.5 Å². The molecule has 0 spiro atoms. The Kier molecular flexibility index (Phi) is 3.35. The van der Waals surface area contributed by atoms with Crippen molar-refractivity contribution in [3.63, 3.8) is 0 Å². The Bertz CT molecular complexity index is 163. The van der Waals surface area contributed by atoms with Gasteiger partial charge in [-0.05, 0) is 17.9 Å². The standard InChI is InChI=1S/C7H10OS2/c1-6-4-7(8)5-9-2-3-10-6/h4H,2-3,5H2,1H3/b6-4-. The second-order valence-electron chi connectivity index (χ2n) is 2.12. The van der Waals surface area contributed by atoms with Crippen molar-refractivity contribution in [1.82, 2.24) is 0 Å². The molecular formula is C7H10OS2. The van der Waals surface area contributed by atoms with Crippen molar-refractivity contribution in [1.29, 1.82) is 0 Å². The fourth-order valence-corrected chi connectivity index (χ4v) is 2.51. The maximum absolute atomic E-state index is 10.9. The Labute approximate surface area is 69.6 Å². The molecule has 0 bridgehead atoms. The van der Waals surface area contributed by atoms with Crippen molar-refractivity contribution in [2.45, 2.75) is 6.92 Å². The van der Waals surface area contributed by atoms with Crippen molar-refractivity contribution < 1.29 is 4.79 Å². The highest BCUT2D eigenvalue weighted by atomic mass is 32.2. The van der Waals surface area contributed by atoms with Gasteiger partial charge >= 0.3 is 0 Å². The molecular weight excluding hydrogens is 164 g/mol. The first kappa shape index (κ1) is 8.21. The smallest absolute Gasteiger partial charge is 0.166 e. The summed E-state index contributed by atoms with van der Waals surface area (Å²) in [6, 6.07) is 0. The van der Waals surface area contributed by atoms with Gasteiger partial charge in [-0.1, -0.05) is 0 Å². The van der Waals surface area contributed by atoms with Gasteiger partial charge in [0.2, 0.25) is 0 Å². The van der Waals surface area contributed by atoms with Crippen LogP contribution in [0.2, 0.25) is 0 Å². The fraction of sp³-hybridized carbons (Fsp3) is 0.571. The molecule has 0 saturated heterocycles. The fourth-order valence-electron chi connectivity index (χ4n) is 0.744. The molecule has 0 radical (unpaired) electrons. The summed E-state index contributed by atoms with van der Waals surface area (Å²) in [5, 5.41) is 0. The predicted molar refractivity (Wildman–Crippen MR) is 48.5 cm³/mol. The lowest BCUT2D eigenvalue weighted by Gasteiger charge is -2.04. The normalized spacial score (nSPS) is 26.5. The van der Waals surface area contributed by atoms with E-state index in [1.54, 1.807) is 29.6 Å². The summed E-state index contributed by atoms with van der Waals surface area (Å²) in [4.78, 5) is 12.1. The molecule has 1 rings (SSSR count). The number of ketones is 1. The molecule has 0 aliphatic carbocycles. The van der Waals surface area contributed by atoms with E-state index in [1.165, 1.54) is 0 Å². The van der Waals surface area contributed by atoms with Gasteiger partial charge in [0.15, 0.2) is 5.78 Å². The van der Waals surface area contributed by atoms with Gasteiger partial charge in [-0.15, -0.1) is 11.8 Å². The highest BCUT2D eigenvalue weighted by Gasteiger charge is 2.03. The number of carbonyl (C=O) groups is 1. The summed E-state index contributed by atoms with van der Waals surface area (Å²) in [6.45, 7) is 2.00. The molecule has 0 amide bonds. The molecule has 0 fully saturated rings. The summed E-state index contributed by atoms with van der Waals surface area (Å²) in [5.41, 5.74) is 0. The first-order chi connectivity index (χ1) is 4.79. The molecule has 56 valence electrons. The van der Waals surface area contributed by atoms with E-state index >= 15 is 0 Å². The summed E-state index contributed by atoms with van der Waals surface area (Å²) >= 11 is 3.50. The summed E-state index contributed by atoms with van der Waals surface area (Å²) in [6.07, 6.45) is 1.75. The van der Waals surface area contributed by atoms with Crippen LogP contribution in [0.3, 0.4) is 0 Å². The molecule has 0 N–H and O–H groups in total. The van der Waals surface area contributed by atoms with Gasteiger partial charge in [0.25, 0.3) is 0 Å². The van der Waals surface area contributed by atoms with E-state index < -0.39 is 0 Å². The van der Waals surface area contributed by atoms with Crippen LogP contribution in [-0.4, -0.2) is 23.0 Å². The van der Waals surface area contributed by atoms with Crippen LogP contribution in [0.1, 0.15) is 6.92 Å². The Balaban J connectivity index is 2.55. The Morgan fingerprint density at radius 2 is 2.30 bits per heavy atom. The first-order valence-electron chi connectivity index (χ1n) is 3.21. The summed E-state index contributed by atoms with van der Waals surface area (Å²) in [5.74, 6) is 3.16. The highest BCUT2D eigenvalue weighted by molar-refractivity contribution is 8.05. The van der Waals surface area contributed by atoms with E-state index in [1.807, 2.05) is 6.92 Å². The molecule has 0 aromatic carbocycles. The quantitative estimate of drug-likeness (QED) is 0.558. The van der Waals surface area contributed by atoms with Gasteiger partial charge in [0.1, 0.15) is 0 Å². The number of rotatable bonds is 0. The van der Waals surface area contributed by atoms with Gasteiger partial charge in [-0.2, -0.15) is 11.8 Å². The minimum Gasteiger partial charge on any atom is -0.294 e. The Morgan fingerprint density at radius 1 is 1.50 bits per heavy atom. The predicted octanol–water partition coefficient (Wildman–Crippen LogP) is 1.94. The lowest BCUT2D eigenvalue weighted by Crippen LogP contribution is -2.02. The van der Waals surface area contributed by atoms with Crippen molar-refractivity contribution >= 4 is 29.3 Å². The monoisotopic (exact) mass is 174 g/mol. The second-order valence-corrected chi connectivity index (χ2v) is 4.57. The zero-order valence-corrected chi connectivity index (χ0v) is 7.56. The molecule has 1 nitrogen and oxygen atoms in total. The molecule has 0 unspecified atom stereocenters. The molecule has 1 aliphatic rings. The highest BCUT2D eigenvalue weighted by Crippen LogP contribution is 2.19. The number of hydrogen-bond donors (Lipinski definition) is 0. The van der Waals surface area contributed by atoms with Crippen molar-refractivity contribution in [2.24, 2.45) is 0 Å². The van der Waals surface area contributed by atoms with Crippen LogP contribution in [0.4, 0.5) is 0 Å². The Morgan fingerprint density at radius 3 is 3.10 bits per heavy atom. The topological polar surface area (TPSA) is 17.1 Å². The summed E-state index contributed by atoms with van der Waals surface area (Å²) in [7, 11) is 0. The average molecular weight is 174 g/mol. The third-order valence-corrected chi connectivity index (χ3v) is 3.39. The first-order valence-corrected chi connectivity index (χ1v) is 5.35. The van der Waals surface area contributed by atoms with E-state index in [0.717, 1.165) is 16.4 Å². The SMILES string of the molecule is C/C1=C/C(=O)CSCCS1. The van der Waals surface area contributed by atoms with Crippen LogP contribution in [0.5, 0.6) is 0 Å². The summed E-state index contributed by atoms with van der Waals surface area (Å²) < 4.78 is 0. The van der Waals surface area contributed by atoms with Crippen LogP contribution in [-0.2, 0) is 4.79 Å². The molecule has 0 aromatic heterocycles. The molecule has 1 aliphatic heterocycles. The van der Waals surface area contributed by atoms with E-state index in [4.69, 9.17) is 0 Å². The minimum absolute atomic E-state index is 0.259. The van der Waals surface area contributed by atoms with Gasteiger partial charge in [-0.25, -0.2) is 0 Å². The van der Waals surface area contributed by atoms with Crippen molar-refractivity contribution in [3.8, 4) is 0 Å². The van der Waals surface area contributed by atoms with E-state index in [9.17, 15) is 4.79 Å². The maximum Gasteiger partial charge on any atom is 0.166 e. The van der Waals surface area contributed by atoms with Crippen LogP contribution >= 0.6 is 23.5 Å². The lowest BCUT2D eigenvalue weighted by molar-refractivity contribution is -0.112. The van der Waals surface area contributed by atoms with Crippen LogP contribution < -0.4 is 0 Å². The van der Waals surface area contributed by atoms with E-state index in [0.29, 0.717) is 5.75 Å². The second kappa shape index (κ2) is 4.09. The lowest BCUT2D eigenvalue weighted by atomic mass is 10.4. The number of allylic oxidation sites excluding steroid dienone is 2. The van der Waals surface area contributed by atoms with Crippen molar-refractivity contribution in [3.05, 3.63) is 11.0 Å². The number of thioether (sulfide) groups is 2. The largest absolute Gasteiger partial charge is 0.294 e. The zero-order valence-electron chi connectivity index (χ0n) is 5.92. The van der Waals surface area contributed by atoms with E-state index in [-0.39, 0.29) is 5.78 Å². The molecule has 3 heteroatoms. The van der Waals surface area contributed by atoms with Crippen LogP contribution in [0.15, 0.2) is 11.0 Å². The van der Waals surface area contributed by atoms with Crippen molar-refractivity contribution in [2.75, 3.05) is 17.3 Å². The van der Waals surface area contributed by atoms with Crippen LogP contribution in [0, 0.1) is 0 Å². The third-order valence-electron chi connectivity index (χ3n) is 1.17. The number of carbonyl (C=O) groups excluding carboxylic acids is 1. The molecule has 1 heterocycles. The molecule has 10 heavy (non-hydrogen) atoms. The number of hydrogen-bond acceptors (Lipinski definition) is 3.